The summed E-state index contributed by atoms with van der Waals surface area (Å²) in [5.41, 5.74) is 9.06. The quantitative estimate of drug-likeness (QED) is 0.396. The van der Waals surface area contributed by atoms with Crippen molar-refractivity contribution < 1.29 is 9.53 Å². The molecule has 6 rings (SSSR count). The van der Waals surface area contributed by atoms with Gasteiger partial charge in [-0.1, -0.05) is 6.92 Å². The maximum absolute atomic E-state index is 8.58. The molecule has 198 valence electrons. The minimum absolute atomic E-state index is 0.250. The van der Waals surface area contributed by atoms with Crippen molar-refractivity contribution in [2.75, 3.05) is 50.6 Å². The molecular formula is C27H36BrN7O2. The van der Waals surface area contributed by atoms with E-state index in [1.807, 2.05) is 6.20 Å². The van der Waals surface area contributed by atoms with Gasteiger partial charge in [-0.25, -0.2) is 9.97 Å². The second-order valence-electron chi connectivity index (χ2n) is 10.4. The second kappa shape index (κ2) is 10.9. The number of hydrogen-bond acceptors (Lipinski definition) is 7. The summed E-state index contributed by atoms with van der Waals surface area (Å²) in [5, 5.41) is 3.88. The van der Waals surface area contributed by atoms with Gasteiger partial charge in [0.15, 0.2) is 5.65 Å². The first-order chi connectivity index (χ1) is 17.9. The van der Waals surface area contributed by atoms with Crippen molar-refractivity contribution in [2.24, 2.45) is 23.5 Å². The van der Waals surface area contributed by atoms with E-state index in [4.69, 9.17) is 14.5 Å². The van der Waals surface area contributed by atoms with Crippen LogP contribution in [0.5, 0.6) is 5.75 Å². The standard InChI is InChI=1S/C26H33BrN6O.CH3NO/c1-15-16-4-5-17(12-16)22(15)29-23-20(27)14-28-26-24(23)30-25(31-26)19-7-6-18(13-21(19)34-3)33-10-8-32(2)9-11-33;2-1-3/h6-7,13-17,22H,4-5,8-12H2,1-3H3,(H2,28,29,30,31);1H,(H2,2,3)/t15-,16+,17-,22-;/m0./s1. The number of nitrogens with one attached hydrogen (secondary N) is 2. The number of anilines is 2. The van der Waals surface area contributed by atoms with Crippen LogP contribution in [0.15, 0.2) is 28.9 Å². The van der Waals surface area contributed by atoms with Gasteiger partial charge in [0.05, 0.1) is 22.8 Å². The lowest BCUT2D eigenvalue weighted by Gasteiger charge is -2.34. The Morgan fingerprint density at radius 1 is 1.22 bits per heavy atom. The SMILES string of the molecule is COc1cc(N2CCN(C)CC2)ccc1-c1nc2ncc(Br)c(N[C@@H]3[C@H]4CC[C@H](C4)[C@@H]3C)c2[nH]1.NC=O. The maximum Gasteiger partial charge on any atom is 0.204 e. The number of carbonyl (C=O) groups is 1. The number of methoxy groups -OCH3 is 1. The Labute approximate surface area is 226 Å². The molecule has 1 aromatic carbocycles. The fourth-order valence-corrected chi connectivity index (χ4v) is 6.75. The number of hydrogen-bond donors (Lipinski definition) is 3. The van der Waals surface area contributed by atoms with E-state index in [9.17, 15) is 0 Å². The van der Waals surface area contributed by atoms with Crippen LogP contribution in [0.1, 0.15) is 26.2 Å². The van der Waals surface area contributed by atoms with Gasteiger partial charge in [-0.2, -0.15) is 0 Å². The molecule has 0 radical (unpaired) electrons. The number of piperazine rings is 1. The van der Waals surface area contributed by atoms with Crippen molar-refractivity contribution in [1.82, 2.24) is 19.9 Å². The Bertz CT molecular complexity index is 1260. The van der Waals surface area contributed by atoms with E-state index in [0.29, 0.717) is 12.0 Å². The number of imidazole rings is 1. The van der Waals surface area contributed by atoms with Crippen LogP contribution in [0, 0.1) is 17.8 Å². The van der Waals surface area contributed by atoms with Crippen LogP contribution in [-0.2, 0) is 4.79 Å². The molecule has 3 heterocycles. The molecule has 4 atom stereocenters. The third-order valence-corrected chi connectivity index (χ3v) is 9.03. The normalized spacial score (nSPS) is 25.1. The molecule has 2 saturated carbocycles. The molecule has 1 saturated heterocycles. The van der Waals surface area contributed by atoms with E-state index < -0.39 is 0 Å². The molecule has 1 amide bonds. The Balaban J connectivity index is 0.000000892. The minimum atomic E-state index is 0.250. The molecule has 2 bridgehead atoms. The van der Waals surface area contributed by atoms with Gasteiger partial charge in [0.1, 0.15) is 17.1 Å². The zero-order chi connectivity index (χ0) is 26.1. The molecular weight excluding hydrogens is 534 g/mol. The molecule has 3 fully saturated rings. The Kier molecular flexibility index (Phi) is 7.57. The van der Waals surface area contributed by atoms with Gasteiger partial charge in [0.25, 0.3) is 0 Å². The molecule has 2 aromatic heterocycles. The van der Waals surface area contributed by atoms with Crippen LogP contribution in [0.3, 0.4) is 0 Å². The average molecular weight is 571 g/mol. The van der Waals surface area contributed by atoms with Crippen molar-refractivity contribution in [3.63, 3.8) is 0 Å². The largest absolute Gasteiger partial charge is 0.496 e. The Hall–Kier alpha value is -2.85. The average Bonchev–Trinajstić information content (AvgIpc) is 3.62. The fraction of sp³-hybridized carbons (Fsp3) is 0.519. The minimum Gasteiger partial charge on any atom is -0.496 e. The van der Waals surface area contributed by atoms with E-state index in [2.05, 4.69) is 78.9 Å². The van der Waals surface area contributed by atoms with Crippen molar-refractivity contribution >= 4 is 44.9 Å². The summed E-state index contributed by atoms with van der Waals surface area (Å²) in [6, 6.07) is 6.93. The highest BCUT2D eigenvalue weighted by Crippen LogP contribution is 2.50. The number of carbonyl (C=O) groups excluding carboxylic acids is 1. The third-order valence-electron chi connectivity index (χ3n) is 8.43. The van der Waals surface area contributed by atoms with E-state index >= 15 is 0 Å². The Morgan fingerprint density at radius 2 is 1.95 bits per heavy atom. The summed E-state index contributed by atoms with van der Waals surface area (Å²) in [6.07, 6.45) is 6.19. The number of fused-ring (bicyclic) bond motifs is 3. The molecule has 9 nitrogen and oxygen atoms in total. The number of ether oxygens (including phenoxy) is 1. The topological polar surface area (TPSA) is 112 Å². The van der Waals surface area contributed by atoms with Crippen molar-refractivity contribution in [3.05, 3.63) is 28.9 Å². The predicted molar refractivity (Wildman–Crippen MR) is 151 cm³/mol. The van der Waals surface area contributed by atoms with Crippen LogP contribution in [0.2, 0.25) is 0 Å². The fourth-order valence-electron chi connectivity index (χ4n) is 6.33. The number of halogens is 1. The number of likely N-dealkylation sites (N-methyl/N-ethyl adjacent to an activating group) is 1. The van der Waals surface area contributed by atoms with E-state index in [-0.39, 0.29) is 6.41 Å². The first-order valence-corrected chi connectivity index (χ1v) is 13.8. The van der Waals surface area contributed by atoms with Crippen LogP contribution in [0.25, 0.3) is 22.6 Å². The lowest BCUT2D eigenvalue weighted by molar-refractivity contribution is -0.106. The molecule has 4 N–H and O–H groups in total. The molecule has 3 aromatic rings. The number of amides is 1. The lowest BCUT2D eigenvalue weighted by atomic mass is 9.86. The number of pyridine rings is 1. The first kappa shape index (κ1) is 25.8. The number of aromatic amines is 1. The number of benzene rings is 1. The zero-order valence-electron chi connectivity index (χ0n) is 21.7. The van der Waals surface area contributed by atoms with Crippen molar-refractivity contribution in [2.45, 2.75) is 32.2 Å². The molecule has 3 aliphatic rings. The highest BCUT2D eigenvalue weighted by atomic mass is 79.9. The van der Waals surface area contributed by atoms with Gasteiger partial charge < -0.3 is 30.6 Å². The molecule has 37 heavy (non-hydrogen) atoms. The Morgan fingerprint density at radius 3 is 2.62 bits per heavy atom. The smallest absolute Gasteiger partial charge is 0.204 e. The van der Waals surface area contributed by atoms with Gasteiger partial charge in [0.2, 0.25) is 6.41 Å². The molecule has 0 spiro atoms. The molecule has 2 aliphatic carbocycles. The van der Waals surface area contributed by atoms with Crippen molar-refractivity contribution in [3.8, 4) is 17.1 Å². The van der Waals surface area contributed by atoms with E-state index in [0.717, 1.165) is 76.5 Å². The number of primary amides is 1. The molecule has 0 unspecified atom stereocenters. The van der Waals surface area contributed by atoms with Crippen LogP contribution >= 0.6 is 15.9 Å². The van der Waals surface area contributed by atoms with E-state index in [1.54, 1.807) is 7.11 Å². The summed E-state index contributed by atoms with van der Waals surface area (Å²) in [5.74, 6) is 3.93. The summed E-state index contributed by atoms with van der Waals surface area (Å²) < 4.78 is 6.79. The summed E-state index contributed by atoms with van der Waals surface area (Å²) in [7, 11) is 3.91. The number of nitrogens with two attached hydrogens (primary N) is 1. The predicted octanol–water partition coefficient (Wildman–Crippen LogP) is 4.10. The monoisotopic (exact) mass is 569 g/mol. The van der Waals surface area contributed by atoms with Crippen LogP contribution < -0.4 is 20.7 Å². The first-order valence-electron chi connectivity index (χ1n) is 13.0. The zero-order valence-corrected chi connectivity index (χ0v) is 23.3. The summed E-state index contributed by atoms with van der Waals surface area (Å²) in [4.78, 5) is 26.4. The van der Waals surface area contributed by atoms with Gasteiger partial charge >= 0.3 is 0 Å². The number of nitrogens with zero attached hydrogens (tertiary/aromatic N) is 4. The van der Waals surface area contributed by atoms with Gasteiger partial charge in [-0.3, -0.25) is 4.79 Å². The maximum atomic E-state index is 8.58. The number of aromatic nitrogens is 3. The van der Waals surface area contributed by atoms with Gasteiger partial charge in [-0.15, -0.1) is 0 Å². The highest BCUT2D eigenvalue weighted by Gasteiger charge is 2.45. The van der Waals surface area contributed by atoms with Crippen molar-refractivity contribution in [1.29, 1.82) is 0 Å². The number of rotatable bonds is 5. The van der Waals surface area contributed by atoms with Gasteiger partial charge in [-0.05, 0) is 72.1 Å². The van der Waals surface area contributed by atoms with E-state index in [1.165, 1.54) is 24.9 Å². The lowest BCUT2D eigenvalue weighted by Crippen LogP contribution is -2.44. The second-order valence-corrected chi connectivity index (χ2v) is 11.3. The summed E-state index contributed by atoms with van der Waals surface area (Å²) in [6.45, 7) is 6.60. The third kappa shape index (κ3) is 5.01. The molecule has 10 heteroatoms. The molecule has 1 aliphatic heterocycles. The van der Waals surface area contributed by atoms with Crippen LogP contribution in [0.4, 0.5) is 11.4 Å². The highest BCUT2D eigenvalue weighted by molar-refractivity contribution is 9.10. The summed E-state index contributed by atoms with van der Waals surface area (Å²) >= 11 is 3.74. The van der Waals surface area contributed by atoms with Crippen LogP contribution in [-0.4, -0.2) is 72.6 Å². The number of H-pyrrole nitrogens is 1. The van der Waals surface area contributed by atoms with Gasteiger partial charge in [0, 0.05) is 50.2 Å².